The van der Waals surface area contributed by atoms with Crippen LogP contribution < -0.4 is 10.2 Å². The predicted octanol–water partition coefficient (Wildman–Crippen LogP) is 3.25. The van der Waals surface area contributed by atoms with E-state index in [0.717, 1.165) is 32.0 Å². The molecule has 2 fully saturated rings. The summed E-state index contributed by atoms with van der Waals surface area (Å²) in [5, 5.41) is 4.87. The van der Waals surface area contributed by atoms with Crippen molar-refractivity contribution in [2.24, 2.45) is 0 Å². The highest BCUT2D eigenvalue weighted by atomic mass is 32.1. The van der Waals surface area contributed by atoms with Crippen LogP contribution in [0.25, 0.3) is 10.2 Å². The molecule has 23 heavy (non-hydrogen) atoms. The fourth-order valence-corrected chi connectivity index (χ4v) is 5.22. The van der Waals surface area contributed by atoms with E-state index < -0.39 is 0 Å². The van der Waals surface area contributed by atoms with Crippen LogP contribution in [0.5, 0.6) is 0 Å². The van der Waals surface area contributed by atoms with Crippen LogP contribution in [-0.4, -0.2) is 36.1 Å². The van der Waals surface area contributed by atoms with Crippen LogP contribution in [0.1, 0.15) is 54.3 Å². The van der Waals surface area contributed by atoms with Crippen LogP contribution in [0.15, 0.2) is 0 Å². The molecule has 2 aromatic rings. The Kier molecular flexibility index (Phi) is 3.52. The summed E-state index contributed by atoms with van der Waals surface area (Å²) in [6.45, 7) is 4.27. The molecule has 1 aliphatic heterocycles. The molecule has 1 N–H and O–H groups in total. The lowest BCUT2D eigenvalue weighted by Crippen LogP contribution is -2.44. The third-order valence-electron chi connectivity index (χ3n) is 5.42. The zero-order chi connectivity index (χ0) is 15.2. The molecular formula is C18H24N4S. The molecule has 2 aromatic heterocycles. The van der Waals surface area contributed by atoms with Crippen molar-refractivity contribution in [3.8, 4) is 0 Å². The molecule has 0 aromatic carbocycles. The van der Waals surface area contributed by atoms with Crippen LogP contribution in [-0.2, 0) is 12.8 Å². The maximum absolute atomic E-state index is 5.09. The highest BCUT2D eigenvalue weighted by Crippen LogP contribution is 2.43. The Morgan fingerprint density at radius 3 is 2.65 bits per heavy atom. The van der Waals surface area contributed by atoms with E-state index >= 15 is 0 Å². The second kappa shape index (κ2) is 5.71. The number of thiophene rings is 1. The van der Waals surface area contributed by atoms with Gasteiger partial charge >= 0.3 is 0 Å². The van der Waals surface area contributed by atoms with Crippen LogP contribution >= 0.6 is 11.3 Å². The standard InChI is InChI=1S/C18H24N4S/c1-2-4-13-14(5-3-1)23-18-15(13)17(22-10-8-19-9-11-22)20-16(21-18)12-6-7-12/h12,19H,1-11H2. The largest absolute Gasteiger partial charge is 0.353 e. The molecule has 0 radical (unpaired) electrons. The minimum Gasteiger partial charge on any atom is -0.353 e. The van der Waals surface area contributed by atoms with E-state index in [2.05, 4.69) is 10.2 Å². The van der Waals surface area contributed by atoms with Crippen molar-refractivity contribution in [2.45, 2.75) is 50.9 Å². The molecule has 0 spiro atoms. The van der Waals surface area contributed by atoms with Crippen molar-refractivity contribution in [1.29, 1.82) is 0 Å². The van der Waals surface area contributed by atoms with Gasteiger partial charge in [-0.25, -0.2) is 9.97 Å². The molecule has 3 aliphatic rings. The van der Waals surface area contributed by atoms with Crippen molar-refractivity contribution in [3.63, 3.8) is 0 Å². The van der Waals surface area contributed by atoms with Gasteiger partial charge in [-0.15, -0.1) is 11.3 Å². The normalized spacial score (nSPS) is 22.2. The first-order valence-corrected chi connectivity index (χ1v) is 9.99. The second-order valence-corrected chi connectivity index (χ2v) is 8.24. The number of nitrogens with zero attached hydrogens (tertiary/aromatic N) is 3. The Bertz CT molecular complexity index is 728. The highest BCUT2D eigenvalue weighted by Gasteiger charge is 2.30. The number of hydrogen-bond acceptors (Lipinski definition) is 5. The predicted molar refractivity (Wildman–Crippen MR) is 95.7 cm³/mol. The summed E-state index contributed by atoms with van der Waals surface area (Å²) in [5.41, 5.74) is 1.58. The average molecular weight is 328 g/mol. The number of aryl methyl sites for hydroxylation is 2. The SMILES string of the molecule is C1CCc2sc3nc(C4CC4)nc(N4CCNCC4)c3c2CC1. The molecule has 1 saturated carbocycles. The lowest BCUT2D eigenvalue weighted by Gasteiger charge is -2.29. The molecule has 5 rings (SSSR count). The van der Waals surface area contributed by atoms with Gasteiger partial charge in [-0.1, -0.05) is 6.42 Å². The van der Waals surface area contributed by atoms with Crippen LogP contribution in [0.3, 0.4) is 0 Å². The number of fused-ring (bicyclic) bond motifs is 3. The van der Waals surface area contributed by atoms with Gasteiger partial charge in [-0.2, -0.15) is 0 Å². The van der Waals surface area contributed by atoms with Gasteiger partial charge in [0, 0.05) is 37.0 Å². The van der Waals surface area contributed by atoms with E-state index in [1.807, 2.05) is 11.3 Å². The summed E-state index contributed by atoms with van der Waals surface area (Å²) >= 11 is 1.96. The van der Waals surface area contributed by atoms with E-state index in [0.29, 0.717) is 5.92 Å². The van der Waals surface area contributed by atoms with Crippen molar-refractivity contribution in [1.82, 2.24) is 15.3 Å². The number of anilines is 1. The molecule has 0 bridgehead atoms. The van der Waals surface area contributed by atoms with Gasteiger partial charge in [0.1, 0.15) is 16.5 Å². The Morgan fingerprint density at radius 2 is 1.83 bits per heavy atom. The Morgan fingerprint density at radius 1 is 1.00 bits per heavy atom. The maximum atomic E-state index is 5.09. The molecule has 2 aliphatic carbocycles. The molecule has 4 nitrogen and oxygen atoms in total. The first-order chi connectivity index (χ1) is 11.4. The molecule has 0 amide bonds. The van der Waals surface area contributed by atoms with Gasteiger partial charge in [0.25, 0.3) is 0 Å². The molecule has 122 valence electrons. The first-order valence-electron chi connectivity index (χ1n) is 9.18. The molecule has 5 heteroatoms. The molecule has 0 atom stereocenters. The fourth-order valence-electron chi connectivity index (χ4n) is 3.96. The number of piperazine rings is 1. The highest BCUT2D eigenvalue weighted by molar-refractivity contribution is 7.19. The summed E-state index contributed by atoms with van der Waals surface area (Å²) in [6.07, 6.45) is 9.05. The Balaban J connectivity index is 1.69. The van der Waals surface area contributed by atoms with E-state index in [1.54, 1.807) is 10.4 Å². The third-order valence-corrected chi connectivity index (χ3v) is 6.61. The minimum absolute atomic E-state index is 0.628. The Labute approximate surface area is 141 Å². The van der Waals surface area contributed by atoms with Gasteiger partial charge in [0.05, 0.1) is 5.39 Å². The second-order valence-electron chi connectivity index (χ2n) is 7.16. The maximum Gasteiger partial charge on any atom is 0.141 e. The van der Waals surface area contributed by atoms with E-state index in [1.165, 1.54) is 61.0 Å². The summed E-state index contributed by atoms with van der Waals surface area (Å²) < 4.78 is 0. The van der Waals surface area contributed by atoms with Crippen molar-refractivity contribution >= 4 is 27.4 Å². The minimum atomic E-state index is 0.628. The smallest absolute Gasteiger partial charge is 0.141 e. The van der Waals surface area contributed by atoms with Crippen LogP contribution in [0.2, 0.25) is 0 Å². The lowest BCUT2D eigenvalue weighted by molar-refractivity contribution is 0.585. The van der Waals surface area contributed by atoms with E-state index in [-0.39, 0.29) is 0 Å². The fraction of sp³-hybridized carbons (Fsp3) is 0.667. The first kappa shape index (κ1) is 14.2. The molecule has 1 saturated heterocycles. The number of hydrogen-bond donors (Lipinski definition) is 1. The molecular weight excluding hydrogens is 304 g/mol. The zero-order valence-electron chi connectivity index (χ0n) is 13.6. The van der Waals surface area contributed by atoms with Crippen molar-refractivity contribution in [2.75, 3.05) is 31.1 Å². The van der Waals surface area contributed by atoms with Gasteiger partial charge in [0.2, 0.25) is 0 Å². The lowest BCUT2D eigenvalue weighted by atomic mass is 10.1. The molecule has 3 heterocycles. The van der Waals surface area contributed by atoms with Gasteiger partial charge in [0.15, 0.2) is 0 Å². The van der Waals surface area contributed by atoms with E-state index in [4.69, 9.17) is 9.97 Å². The summed E-state index contributed by atoms with van der Waals surface area (Å²) in [5.74, 6) is 2.99. The average Bonchev–Trinajstić information content (AvgIpc) is 3.40. The van der Waals surface area contributed by atoms with Gasteiger partial charge < -0.3 is 10.2 Å². The third kappa shape index (κ3) is 2.54. The van der Waals surface area contributed by atoms with Crippen LogP contribution in [0, 0.1) is 0 Å². The topological polar surface area (TPSA) is 41.1 Å². The summed E-state index contributed by atoms with van der Waals surface area (Å²) in [4.78, 5) is 15.4. The zero-order valence-corrected chi connectivity index (χ0v) is 14.4. The van der Waals surface area contributed by atoms with E-state index in [9.17, 15) is 0 Å². The Hall–Kier alpha value is -1.20. The van der Waals surface area contributed by atoms with Crippen molar-refractivity contribution < 1.29 is 0 Å². The molecule has 0 unspecified atom stereocenters. The van der Waals surface area contributed by atoms with Gasteiger partial charge in [-0.05, 0) is 44.1 Å². The number of aromatic nitrogens is 2. The number of nitrogens with one attached hydrogen (secondary N) is 1. The number of rotatable bonds is 2. The van der Waals surface area contributed by atoms with Crippen LogP contribution in [0.4, 0.5) is 5.82 Å². The van der Waals surface area contributed by atoms with Crippen molar-refractivity contribution in [3.05, 3.63) is 16.3 Å². The van der Waals surface area contributed by atoms with Gasteiger partial charge in [-0.3, -0.25) is 0 Å². The summed E-state index contributed by atoms with van der Waals surface area (Å²) in [7, 11) is 0. The summed E-state index contributed by atoms with van der Waals surface area (Å²) in [6, 6.07) is 0. The quantitative estimate of drug-likeness (QED) is 0.859. The monoisotopic (exact) mass is 328 g/mol.